The molecular weight excluding hydrogens is 1080 g/mol. The number of unbranched alkanes of at least 4 members (excludes halogenated alkanes) is 2. The first-order valence-electron chi connectivity index (χ1n) is 23.5. The van der Waals surface area contributed by atoms with Crippen molar-refractivity contribution in [3.05, 3.63) is 108 Å². The molecule has 2 aliphatic heterocycles. The van der Waals surface area contributed by atoms with Crippen LogP contribution >= 0.6 is 0 Å². The Morgan fingerprint density at radius 3 is 1.73 bits per heavy atom. The smallest absolute Gasteiger partial charge is 0.303 e. The summed E-state index contributed by atoms with van der Waals surface area (Å²) >= 11 is 0. The van der Waals surface area contributed by atoms with Crippen molar-refractivity contribution in [2.45, 2.75) is 102 Å². The second kappa shape index (κ2) is 22.9. The Kier molecular flexibility index (Phi) is 18.0. The maximum absolute atomic E-state index is 12.8. The third-order valence-electron chi connectivity index (χ3n) is 13.7. The quantitative estimate of drug-likeness (QED) is 0.0218. The van der Waals surface area contributed by atoms with Gasteiger partial charge in [0, 0.05) is 71.9 Å². The van der Waals surface area contributed by atoms with Gasteiger partial charge in [-0.25, -0.2) is 0 Å². The summed E-state index contributed by atoms with van der Waals surface area (Å²) in [4.78, 5) is 12.1. The first-order valence-corrected chi connectivity index (χ1v) is 30.9. The summed E-state index contributed by atoms with van der Waals surface area (Å²) in [7, 11) is -23.0. The minimum Gasteiger partial charge on any atom is -0.481 e. The van der Waals surface area contributed by atoms with Crippen molar-refractivity contribution >= 4 is 89.5 Å². The van der Waals surface area contributed by atoms with E-state index in [0.29, 0.717) is 72.7 Å². The number of carbonyl (C=O) groups is 1. The summed E-state index contributed by atoms with van der Waals surface area (Å²) in [6.45, 7) is 6.82. The van der Waals surface area contributed by atoms with E-state index >= 15 is 0 Å². The zero-order valence-corrected chi connectivity index (χ0v) is 45.4. The van der Waals surface area contributed by atoms with Crippen molar-refractivity contribution in [3.8, 4) is 0 Å². The fraction of sp³-hybridized carbons (Fsp3) is 0.408. The normalized spacial score (nSPS) is 20.2. The lowest BCUT2D eigenvalue weighted by atomic mass is 9.73. The molecule has 26 heteroatoms. The third-order valence-corrected chi connectivity index (χ3v) is 18.0. The van der Waals surface area contributed by atoms with Crippen LogP contribution in [0.4, 0.5) is 11.4 Å². The average Bonchev–Trinajstić information content (AvgIpc) is 3.68. The molecule has 6 N–H and O–H groups in total. The number of carboxylic acids is 1. The van der Waals surface area contributed by atoms with E-state index in [0.717, 1.165) is 12.1 Å². The monoisotopic (exact) mass is 1140 g/mol. The maximum atomic E-state index is 12.8. The Hall–Kier alpha value is -5.10. The van der Waals surface area contributed by atoms with Gasteiger partial charge in [-0.1, -0.05) is 61.9 Å². The van der Waals surface area contributed by atoms with Crippen molar-refractivity contribution in [3.63, 3.8) is 0 Å². The van der Waals surface area contributed by atoms with Crippen molar-refractivity contribution in [1.82, 2.24) is 0 Å². The minimum atomic E-state index is -5.05. The highest BCUT2D eigenvalue weighted by atomic mass is 32.2. The number of nitrogens with zero attached hydrogens (tertiary/aromatic N) is 2. The number of hydrogen-bond acceptors (Lipinski definition) is 15. The van der Waals surface area contributed by atoms with Crippen molar-refractivity contribution in [2.24, 2.45) is 0 Å². The number of anilines is 2. The van der Waals surface area contributed by atoms with Gasteiger partial charge >= 0.3 is 5.97 Å². The van der Waals surface area contributed by atoms with Gasteiger partial charge in [0.2, 0.25) is 0 Å². The Labute approximate surface area is 437 Å². The summed E-state index contributed by atoms with van der Waals surface area (Å²) in [5.74, 6) is -1.58. The number of carboxylic acid groups (broad SMARTS) is 1. The van der Waals surface area contributed by atoms with Crippen LogP contribution in [0.25, 0.3) is 21.5 Å². The predicted molar refractivity (Wildman–Crippen MR) is 281 cm³/mol. The van der Waals surface area contributed by atoms with E-state index in [1.807, 2.05) is 35.8 Å². The SMILES string of the molecule is CCN1c2ccc3c(S(=O)(=O)O)cc(S(=O)(=O)O)cc3c2C(C)(CCCS(=O)(=O)O)C1C=CC=CC=CC=C1N(CCCCCC(=O)O)c2ccc3c(S(=O)(=O)O)cc(S(=O)(=O)O)cc3c2C1(C)CCOCCOC. The molecule has 0 spiro atoms. The van der Waals surface area contributed by atoms with Gasteiger partial charge in [-0.3, -0.25) is 27.6 Å². The van der Waals surface area contributed by atoms with Crippen LogP contribution < -0.4 is 9.80 Å². The highest BCUT2D eigenvalue weighted by Gasteiger charge is 2.48. The summed E-state index contributed by atoms with van der Waals surface area (Å²) in [6, 6.07) is 9.06. The maximum Gasteiger partial charge on any atom is 0.303 e. The van der Waals surface area contributed by atoms with Crippen LogP contribution in [-0.4, -0.2) is 128 Å². The van der Waals surface area contributed by atoms with E-state index in [2.05, 4.69) is 0 Å². The fourth-order valence-corrected chi connectivity index (χ4v) is 13.6. The number of allylic oxidation sites excluding steroid dienone is 7. The molecule has 6 rings (SSSR count). The number of ether oxygens (including phenoxy) is 2. The van der Waals surface area contributed by atoms with Crippen LogP contribution in [0.3, 0.4) is 0 Å². The molecule has 2 heterocycles. The van der Waals surface area contributed by atoms with E-state index in [1.54, 1.807) is 49.4 Å². The molecule has 3 atom stereocenters. The molecule has 0 bridgehead atoms. The Balaban J connectivity index is 1.45. The number of benzene rings is 4. The van der Waals surface area contributed by atoms with Gasteiger partial charge in [-0.05, 0) is 110 Å². The van der Waals surface area contributed by atoms with Crippen LogP contribution in [-0.2, 0) is 75.7 Å². The lowest BCUT2D eigenvalue weighted by Gasteiger charge is -2.35. The zero-order chi connectivity index (χ0) is 55.5. The van der Waals surface area contributed by atoms with Gasteiger partial charge in [-0.2, -0.15) is 42.1 Å². The Morgan fingerprint density at radius 1 is 0.640 bits per heavy atom. The number of fused-ring (bicyclic) bond motifs is 6. The molecule has 0 amide bonds. The fourth-order valence-electron chi connectivity index (χ4n) is 10.4. The van der Waals surface area contributed by atoms with Crippen LogP contribution in [0.15, 0.2) is 116 Å². The molecule has 0 fully saturated rings. The van der Waals surface area contributed by atoms with Gasteiger partial charge in [-0.15, -0.1) is 0 Å². The molecule has 0 saturated heterocycles. The second-order valence-corrected chi connectivity index (χ2v) is 25.8. The molecule has 0 saturated carbocycles. The summed E-state index contributed by atoms with van der Waals surface area (Å²) in [5.41, 5.74) is 0.448. The van der Waals surface area contributed by atoms with Crippen LogP contribution in [0.5, 0.6) is 0 Å². The molecule has 0 radical (unpaired) electrons. The van der Waals surface area contributed by atoms with Gasteiger partial charge in [0.15, 0.2) is 0 Å². The van der Waals surface area contributed by atoms with Crippen LogP contribution in [0.2, 0.25) is 0 Å². The Morgan fingerprint density at radius 2 is 1.20 bits per heavy atom. The highest BCUT2D eigenvalue weighted by molar-refractivity contribution is 7.87. The molecule has 3 unspecified atom stereocenters. The van der Waals surface area contributed by atoms with Gasteiger partial charge in [0.05, 0.1) is 34.8 Å². The molecule has 4 aromatic carbocycles. The standard InChI is InChI=1S/C49H60N2O19S5/c1-5-50-39-20-18-35-37(29-33(72(57,58)59)31-41(35)74(63,64)65)46(39)48(2,22-14-28-71(54,55)56)43(50)15-10-7-6-8-11-16-44-49(3,23-25-70-27-26-69-4)47-38-30-34(73(60,61)62)32-42(75(66,67)68)36(38)19-21-40(47)51(44)24-13-9-12-17-45(52)53/h6-8,10-11,15-16,18-21,29-32,43H,5,9,12-14,17,22-28H2,1-4H3,(H,52,53)(H,54,55,56)(H,57,58,59)(H,60,61,62)(H,63,64,65)(H,66,67,68). The number of likely N-dealkylation sites (N-methyl/N-ethyl adjacent to an activating group) is 1. The topological polar surface area (TPSA) is 334 Å². The second-order valence-electron chi connectivity index (χ2n) is 18.6. The molecule has 410 valence electrons. The molecule has 4 aromatic rings. The highest BCUT2D eigenvalue weighted by Crippen LogP contribution is 2.55. The van der Waals surface area contributed by atoms with E-state index < -0.39 is 98.8 Å². The van der Waals surface area contributed by atoms with Gasteiger partial charge in [0.1, 0.15) is 9.79 Å². The summed E-state index contributed by atoms with van der Waals surface area (Å²) in [6.07, 6.45) is 13.8. The van der Waals surface area contributed by atoms with E-state index in [4.69, 9.17) is 9.47 Å². The van der Waals surface area contributed by atoms with E-state index in [9.17, 15) is 74.8 Å². The first kappa shape index (κ1) is 59.1. The molecule has 21 nitrogen and oxygen atoms in total. The number of hydrogen-bond donors (Lipinski definition) is 6. The lowest BCUT2D eigenvalue weighted by Crippen LogP contribution is -2.42. The van der Waals surface area contributed by atoms with Gasteiger partial charge in [0.25, 0.3) is 50.6 Å². The molecule has 2 aliphatic rings. The largest absolute Gasteiger partial charge is 0.481 e. The van der Waals surface area contributed by atoms with Crippen molar-refractivity contribution < 1.29 is 84.2 Å². The summed E-state index contributed by atoms with van der Waals surface area (Å²) < 4.78 is 186. The Bertz CT molecular complexity index is 3580. The average molecular weight is 1140 g/mol. The van der Waals surface area contributed by atoms with E-state index in [1.165, 1.54) is 19.2 Å². The van der Waals surface area contributed by atoms with Crippen LogP contribution in [0.1, 0.15) is 76.8 Å². The number of rotatable bonds is 25. The van der Waals surface area contributed by atoms with Crippen molar-refractivity contribution in [2.75, 3.05) is 55.6 Å². The summed E-state index contributed by atoms with van der Waals surface area (Å²) in [5, 5.41) is 9.39. The molecule has 0 aromatic heterocycles. The van der Waals surface area contributed by atoms with Gasteiger partial charge < -0.3 is 24.4 Å². The van der Waals surface area contributed by atoms with E-state index in [-0.39, 0.29) is 67.0 Å². The lowest BCUT2D eigenvalue weighted by molar-refractivity contribution is -0.137. The number of methoxy groups -OCH3 is 1. The first-order chi connectivity index (χ1) is 34.9. The van der Waals surface area contributed by atoms with Crippen LogP contribution in [0, 0.1) is 0 Å². The number of aliphatic carboxylic acids is 1. The zero-order valence-electron chi connectivity index (χ0n) is 41.4. The third kappa shape index (κ3) is 13.2. The minimum absolute atomic E-state index is 0.0106. The molecule has 75 heavy (non-hydrogen) atoms. The van der Waals surface area contributed by atoms with Crippen molar-refractivity contribution in [1.29, 1.82) is 0 Å². The predicted octanol–water partition coefficient (Wildman–Crippen LogP) is 7.14. The molecular formula is C49H60N2O19S5. The molecule has 0 aliphatic carbocycles.